The Hall–Kier alpha value is -1.74. The zero-order valence-corrected chi connectivity index (χ0v) is 10.0. The third kappa shape index (κ3) is 3.37. The van der Waals surface area contributed by atoms with Crippen molar-refractivity contribution in [3.8, 4) is 5.75 Å². The van der Waals surface area contributed by atoms with E-state index in [1.165, 1.54) is 19.2 Å². The average molecular weight is 280 g/mol. The summed E-state index contributed by atoms with van der Waals surface area (Å²) in [7, 11) is -2.86. The van der Waals surface area contributed by atoms with Gasteiger partial charge in [-0.2, -0.15) is 8.78 Å². The number of primary sulfonamides is 1. The third-order valence-corrected chi connectivity index (χ3v) is 2.87. The molecule has 0 saturated heterocycles. The monoisotopic (exact) mass is 280 g/mol. The number of hydrogen-bond acceptors (Lipinski definition) is 4. The molecule has 1 aromatic rings. The number of anilines is 1. The van der Waals surface area contributed by atoms with Crippen LogP contribution in [0.5, 0.6) is 5.75 Å². The van der Waals surface area contributed by atoms with Gasteiger partial charge in [0, 0.05) is 5.69 Å². The van der Waals surface area contributed by atoms with Crippen LogP contribution >= 0.6 is 0 Å². The minimum Gasteiger partial charge on any atom is -0.495 e. The Bertz CT molecular complexity index is 560. The van der Waals surface area contributed by atoms with Gasteiger partial charge in [-0.25, -0.2) is 13.6 Å². The summed E-state index contributed by atoms with van der Waals surface area (Å²) in [6, 6.07) is 3.35. The van der Waals surface area contributed by atoms with Crippen LogP contribution in [-0.4, -0.2) is 27.9 Å². The number of nitrogens with two attached hydrogens (primary N) is 1. The van der Waals surface area contributed by atoms with E-state index in [4.69, 9.17) is 9.88 Å². The Morgan fingerprint density at radius 3 is 2.50 bits per heavy atom. The molecule has 0 aliphatic rings. The third-order valence-electron chi connectivity index (χ3n) is 1.94. The molecule has 3 N–H and O–H groups in total. The van der Waals surface area contributed by atoms with Gasteiger partial charge in [0.25, 0.3) is 5.91 Å². The van der Waals surface area contributed by atoms with E-state index in [0.717, 1.165) is 6.07 Å². The number of benzene rings is 1. The number of hydrogen-bond donors (Lipinski definition) is 2. The number of nitrogens with one attached hydrogen (secondary N) is 1. The molecule has 0 aliphatic carbocycles. The highest BCUT2D eigenvalue weighted by atomic mass is 32.2. The molecule has 0 bridgehead atoms. The van der Waals surface area contributed by atoms with Crippen LogP contribution in [0.4, 0.5) is 14.5 Å². The zero-order valence-electron chi connectivity index (χ0n) is 9.18. The molecule has 0 radical (unpaired) electrons. The van der Waals surface area contributed by atoms with Crippen molar-refractivity contribution in [2.45, 2.75) is 11.3 Å². The van der Waals surface area contributed by atoms with Gasteiger partial charge in [0.05, 0.1) is 7.11 Å². The second kappa shape index (κ2) is 5.27. The second-order valence-corrected chi connectivity index (χ2v) is 4.73. The molecular weight excluding hydrogens is 270 g/mol. The molecule has 0 heterocycles. The van der Waals surface area contributed by atoms with Crippen LogP contribution < -0.4 is 15.2 Å². The molecule has 0 aliphatic heterocycles. The van der Waals surface area contributed by atoms with Crippen molar-refractivity contribution in [2.75, 3.05) is 12.4 Å². The molecule has 6 nitrogen and oxygen atoms in total. The number of halogens is 2. The molecule has 0 fully saturated rings. The van der Waals surface area contributed by atoms with Gasteiger partial charge < -0.3 is 10.1 Å². The van der Waals surface area contributed by atoms with Crippen LogP contribution in [0.15, 0.2) is 23.1 Å². The topological polar surface area (TPSA) is 98.5 Å². The maximum Gasteiger partial charge on any atom is 0.315 e. The number of carbonyl (C=O) groups excluding carboxylic acids is 1. The first kappa shape index (κ1) is 14.3. The molecule has 0 unspecified atom stereocenters. The standard InChI is InChI=1S/C9H10F2N2O4S/c1-17-6-3-2-5(13-9(14)8(10)11)4-7(6)18(12,15)16/h2-4,8H,1H3,(H,13,14)(H2,12,15,16). The van der Waals surface area contributed by atoms with E-state index in [1.54, 1.807) is 0 Å². The SMILES string of the molecule is COc1ccc(NC(=O)C(F)F)cc1S(N)(=O)=O. The number of methoxy groups -OCH3 is 1. The van der Waals surface area contributed by atoms with E-state index in [-0.39, 0.29) is 11.4 Å². The van der Waals surface area contributed by atoms with Gasteiger partial charge in [0.2, 0.25) is 10.0 Å². The lowest BCUT2D eigenvalue weighted by Crippen LogP contribution is -2.20. The molecule has 18 heavy (non-hydrogen) atoms. The van der Waals surface area contributed by atoms with Crippen molar-refractivity contribution >= 4 is 21.6 Å². The van der Waals surface area contributed by atoms with Crippen LogP contribution in [0, 0.1) is 0 Å². The summed E-state index contributed by atoms with van der Waals surface area (Å²) in [4.78, 5) is 10.3. The van der Waals surface area contributed by atoms with Gasteiger partial charge in [-0.3, -0.25) is 4.79 Å². The Morgan fingerprint density at radius 2 is 2.06 bits per heavy atom. The minimum atomic E-state index is -4.09. The van der Waals surface area contributed by atoms with E-state index in [0.29, 0.717) is 0 Å². The molecule has 0 atom stereocenters. The van der Waals surface area contributed by atoms with Crippen molar-refractivity contribution in [3.63, 3.8) is 0 Å². The molecule has 0 aromatic heterocycles. The van der Waals surface area contributed by atoms with Gasteiger partial charge in [-0.05, 0) is 18.2 Å². The van der Waals surface area contributed by atoms with E-state index < -0.39 is 27.3 Å². The maximum absolute atomic E-state index is 12.0. The molecule has 9 heteroatoms. The second-order valence-electron chi connectivity index (χ2n) is 3.20. The number of sulfonamides is 1. The fourth-order valence-corrected chi connectivity index (χ4v) is 1.90. The first-order valence-electron chi connectivity index (χ1n) is 4.55. The van der Waals surface area contributed by atoms with Crippen LogP contribution in [0.2, 0.25) is 0 Å². The Morgan fingerprint density at radius 1 is 1.44 bits per heavy atom. The predicted molar refractivity (Wildman–Crippen MR) is 59.0 cm³/mol. The first-order valence-corrected chi connectivity index (χ1v) is 6.10. The lowest BCUT2D eigenvalue weighted by molar-refractivity contribution is -0.126. The van der Waals surface area contributed by atoms with Crippen LogP contribution in [0.1, 0.15) is 0 Å². The fraction of sp³-hybridized carbons (Fsp3) is 0.222. The highest BCUT2D eigenvalue weighted by molar-refractivity contribution is 7.89. The molecule has 0 saturated carbocycles. The van der Waals surface area contributed by atoms with E-state index in [9.17, 15) is 22.0 Å². The number of ether oxygens (including phenoxy) is 1. The summed E-state index contributed by atoms with van der Waals surface area (Å²) in [6.07, 6.45) is -3.20. The van der Waals surface area contributed by atoms with Gasteiger partial charge in [0.1, 0.15) is 10.6 Å². The largest absolute Gasteiger partial charge is 0.495 e. The predicted octanol–water partition coefficient (Wildman–Crippen LogP) is 0.546. The molecule has 1 rings (SSSR count). The van der Waals surface area contributed by atoms with Gasteiger partial charge in [-0.1, -0.05) is 0 Å². The Balaban J connectivity index is 3.16. The van der Waals surface area contributed by atoms with E-state index in [1.807, 2.05) is 5.32 Å². The molecule has 0 spiro atoms. The number of rotatable bonds is 4. The smallest absolute Gasteiger partial charge is 0.315 e. The summed E-state index contributed by atoms with van der Waals surface area (Å²) >= 11 is 0. The zero-order chi connectivity index (χ0) is 13.9. The summed E-state index contributed by atoms with van der Waals surface area (Å²) in [5.41, 5.74) is -0.120. The highest BCUT2D eigenvalue weighted by Crippen LogP contribution is 2.26. The Labute approximate surface area is 102 Å². The fourth-order valence-electron chi connectivity index (χ4n) is 1.17. The number of alkyl halides is 2. The minimum absolute atomic E-state index is 0.0486. The van der Waals surface area contributed by atoms with Crippen molar-refractivity contribution in [1.29, 1.82) is 0 Å². The quantitative estimate of drug-likeness (QED) is 0.841. The van der Waals surface area contributed by atoms with Crippen LogP contribution in [0.3, 0.4) is 0 Å². The highest BCUT2D eigenvalue weighted by Gasteiger charge is 2.19. The first-order chi connectivity index (χ1) is 8.25. The average Bonchev–Trinajstić information content (AvgIpc) is 2.27. The normalized spacial score (nSPS) is 11.4. The summed E-state index contributed by atoms with van der Waals surface area (Å²) < 4.78 is 51.2. The number of amides is 1. The van der Waals surface area contributed by atoms with Crippen molar-refractivity contribution in [1.82, 2.24) is 0 Å². The molecule has 1 amide bonds. The van der Waals surface area contributed by atoms with Crippen molar-refractivity contribution < 1.29 is 26.7 Å². The molecule has 1 aromatic carbocycles. The van der Waals surface area contributed by atoms with E-state index in [2.05, 4.69) is 0 Å². The van der Waals surface area contributed by atoms with Gasteiger partial charge in [0.15, 0.2) is 0 Å². The van der Waals surface area contributed by atoms with Crippen molar-refractivity contribution in [2.24, 2.45) is 5.14 Å². The Kier molecular flexibility index (Phi) is 4.19. The number of carbonyl (C=O) groups is 1. The van der Waals surface area contributed by atoms with Crippen LogP contribution in [-0.2, 0) is 14.8 Å². The van der Waals surface area contributed by atoms with Gasteiger partial charge >= 0.3 is 6.43 Å². The van der Waals surface area contributed by atoms with Crippen molar-refractivity contribution in [3.05, 3.63) is 18.2 Å². The lowest BCUT2D eigenvalue weighted by Gasteiger charge is -2.09. The van der Waals surface area contributed by atoms with Gasteiger partial charge in [-0.15, -0.1) is 0 Å². The van der Waals surface area contributed by atoms with Crippen LogP contribution in [0.25, 0.3) is 0 Å². The summed E-state index contributed by atoms with van der Waals surface area (Å²) in [5.74, 6) is -1.59. The maximum atomic E-state index is 12.0. The summed E-state index contributed by atoms with van der Waals surface area (Å²) in [6.45, 7) is 0. The molecular formula is C9H10F2N2O4S. The lowest BCUT2D eigenvalue weighted by atomic mass is 10.3. The summed E-state index contributed by atoms with van der Waals surface area (Å²) in [5, 5.41) is 6.76. The molecule has 100 valence electrons. The van der Waals surface area contributed by atoms with E-state index >= 15 is 0 Å².